The number of carbonyl (C=O) groups excluding carboxylic acids is 1. The van der Waals surface area contributed by atoms with E-state index in [1.165, 1.54) is 13.0 Å². The van der Waals surface area contributed by atoms with Crippen LogP contribution < -0.4 is 19.7 Å². The highest BCUT2D eigenvalue weighted by molar-refractivity contribution is 5.87. The summed E-state index contributed by atoms with van der Waals surface area (Å²) in [4.78, 5) is 13.8. The van der Waals surface area contributed by atoms with Crippen molar-refractivity contribution in [2.45, 2.75) is 13.8 Å². The molecule has 1 aliphatic rings. The summed E-state index contributed by atoms with van der Waals surface area (Å²) < 4.78 is 20.1. The van der Waals surface area contributed by atoms with Crippen LogP contribution in [0.1, 0.15) is 23.1 Å². The molecule has 134 valence electrons. The smallest absolute Gasteiger partial charge is 0.412 e. The van der Waals surface area contributed by atoms with Crippen molar-refractivity contribution in [2.75, 3.05) is 37.7 Å². The van der Waals surface area contributed by atoms with Crippen LogP contribution in [-0.4, -0.2) is 38.8 Å². The lowest BCUT2D eigenvalue weighted by Crippen LogP contribution is -2.47. The summed E-state index contributed by atoms with van der Waals surface area (Å²) >= 11 is 0. The number of anilines is 1. The van der Waals surface area contributed by atoms with Gasteiger partial charge < -0.3 is 25.4 Å². The fourth-order valence-corrected chi connectivity index (χ4v) is 2.99. The third-order valence-corrected chi connectivity index (χ3v) is 4.26. The Morgan fingerprint density at radius 2 is 1.92 bits per heavy atom. The van der Waals surface area contributed by atoms with Gasteiger partial charge in [-0.3, -0.25) is 0 Å². The van der Waals surface area contributed by atoms with Crippen LogP contribution in [0.15, 0.2) is 12.1 Å². The first-order chi connectivity index (χ1) is 12.0. The van der Waals surface area contributed by atoms with Gasteiger partial charge in [0.05, 0.1) is 18.4 Å². The van der Waals surface area contributed by atoms with Gasteiger partial charge >= 0.3 is 11.7 Å². The van der Waals surface area contributed by atoms with Crippen LogP contribution in [0.25, 0.3) is 11.0 Å². The number of ether oxygens (including phenoxy) is 1. The second-order valence-electron chi connectivity index (χ2n) is 5.77. The van der Waals surface area contributed by atoms with Crippen molar-refractivity contribution >= 4 is 22.7 Å². The van der Waals surface area contributed by atoms with E-state index in [0.717, 1.165) is 6.07 Å². The summed E-state index contributed by atoms with van der Waals surface area (Å²) in [7, 11) is 0. The van der Waals surface area contributed by atoms with Crippen LogP contribution in [0.3, 0.4) is 0 Å². The number of hydrogen-bond donors (Lipinski definition) is 1. The number of benzene rings is 1. The first-order valence-electron chi connectivity index (χ1n) is 8.07. The summed E-state index contributed by atoms with van der Waals surface area (Å²) in [5.74, 6) is -1.52. The summed E-state index contributed by atoms with van der Waals surface area (Å²) in [6, 6.07) is 2.36. The van der Waals surface area contributed by atoms with Gasteiger partial charge in [-0.25, -0.2) is 9.18 Å². The average molecular weight is 350 g/mol. The molecule has 0 amide bonds. The van der Waals surface area contributed by atoms with Crippen LogP contribution in [-0.2, 0) is 4.74 Å². The minimum Gasteiger partial charge on any atom is -0.618 e. The predicted octanol–water partition coefficient (Wildman–Crippen LogP) is 0.140. The summed E-state index contributed by atoms with van der Waals surface area (Å²) in [6.07, 6.45) is 0. The Labute approximate surface area is 143 Å². The lowest BCUT2D eigenvalue weighted by molar-refractivity contribution is -0.635. The number of halogens is 1. The molecule has 8 nitrogen and oxygen atoms in total. The minimum absolute atomic E-state index is 0.00970. The van der Waals surface area contributed by atoms with Gasteiger partial charge in [0.2, 0.25) is 0 Å². The first-order valence-corrected chi connectivity index (χ1v) is 8.07. The summed E-state index contributed by atoms with van der Waals surface area (Å²) in [6.45, 7) is 5.62. The van der Waals surface area contributed by atoms with Gasteiger partial charge in [-0.1, -0.05) is 0 Å². The molecule has 1 fully saturated rings. The SMILES string of the molecule is CCOC(=O)c1c(C)[n+]([O-])c2cc(N3CCNCC3)c(F)cc2[n+]1[O-]. The first kappa shape index (κ1) is 17.2. The van der Waals surface area contributed by atoms with E-state index in [1.807, 2.05) is 4.90 Å². The van der Waals surface area contributed by atoms with E-state index < -0.39 is 17.5 Å². The van der Waals surface area contributed by atoms with Gasteiger partial charge in [0, 0.05) is 39.2 Å². The average Bonchev–Trinajstić information content (AvgIpc) is 2.61. The number of carbonyl (C=O) groups is 1. The molecule has 0 atom stereocenters. The van der Waals surface area contributed by atoms with E-state index in [4.69, 9.17) is 4.74 Å². The van der Waals surface area contributed by atoms with Gasteiger partial charge in [0.25, 0.3) is 16.7 Å². The Balaban J connectivity index is 2.19. The van der Waals surface area contributed by atoms with Crippen LogP contribution in [0, 0.1) is 23.2 Å². The zero-order valence-corrected chi connectivity index (χ0v) is 14.0. The van der Waals surface area contributed by atoms with Gasteiger partial charge in [-0.2, -0.15) is 4.73 Å². The molecule has 25 heavy (non-hydrogen) atoms. The van der Waals surface area contributed by atoms with E-state index in [0.29, 0.717) is 30.9 Å². The lowest BCUT2D eigenvalue weighted by Gasteiger charge is -2.29. The number of esters is 1. The largest absolute Gasteiger partial charge is 0.618 e. The van der Waals surface area contributed by atoms with E-state index in [1.54, 1.807) is 6.92 Å². The molecule has 2 heterocycles. The van der Waals surface area contributed by atoms with Crippen molar-refractivity contribution in [1.82, 2.24) is 5.32 Å². The fraction of sp³-hybridized carbons (Fsp3) is 0.438. The Morgan fingerprint density at radius 3 is 2.56 bits per heavy atom. The Hall–Kier alpha value is -2.68. The topological polar surface area (TPSA) is 95.4 Å². The molecule has 0 saturated carbocycles. The van der Waals surface area contributed by atoms with E-state index in [9.17, 15) is 19.6 Å². The van der Waals surface area contributed by atoms with E-state index >= 15 is 0 Å². The number of aromatic nitrogens is 2. The van der Waals surface area contributed by atoms with Crippen LogP contribution in [0.5, 0.6) is 0 Å². The Morgan fingerprint density at radius 1 is 1.28 bits per heavy atom. The standard InChI is InChI=1S/C16H19FN4O4/c1-3-25-16(22)15-10(2)20(23)14-9-12(19-6-4-18-5-7-19)11(17)8-13(14)21(15)24/h8-9,18H,3-7H2,1-2H3. The third kappa shape index (κ3) is 2.91. The molecule has 1 saturated heterocycles. The van der Waals surface area contributed by atoms with Crippen molar-refractivity contribution in [2.24, 2.45) is 0 Å². The number of piperazine rings is 1. The molecule has 0 aliphatic carbocycles. The molecule has 0 bridgehead atoms. The molecule has 2 aromatic rings. The third-order valence-electron chi connectivity index (χ3n) is 4.26. The second-order valence-corrected chi connectivity index (χ2v) is 5.77. The molecule has 0 radical (unpaired) electrons. The molecule has 3 rings (SSSR count). The molecular weight excluding hydrogens is 331 g/mol. The normalized spacial score (nSPS) is 14.8. The minimum atomic E-state index is -0.909. The molecule has 1 aromatic carbocycles. The van der Waals surface area contributed by atoms with E-state index in [-0.39, 0.29) is 33.8 Å². The highest BCUT2D eigenvalue weighted by Gasteiger charge is 2.33. The van der Waals surface area contributed by atoms with Crippen LogP contribution in [0.2, 0.25) is 0 Å². The Kier molecular flexibility index (Phi) is 4.58. The van der Waals surface area contributed by atoms with Gasteiger partial charge in [-0.15, -0.1) is 4.73 Å². The van der Waals surface area contributed by atoms with Crippen LogP contribution in [0.4, 0.5) is 10.1 Å². The summed E-state index contributed by atoms with van der Waals surface area (Å²) in [5.41, 5.74) is -0.449. The zero-order chi connectivity index (χ0) is 18.1. The molecule has 9 heteroatoms. The molecule has 0 spiro atoms. The predicted molar refractivity (Wildman–Crippen MR) is 87.6 cm³/mol. The monoisotopic (exact) mass is 350 g/mol. The molecular formula is C16H19FN4O4. The second kappa shape index (κ2) is 6.67. The highest BCUT2D eigenvalue weighted by atomic mass is 19.1. The Bertz CT molecular complexity index is 837. The van der Waals surface area contributed by atoms with Gasteiger partial charge in [-0.05, 0) is 6.92 Å². The molecule has 1 N–H and O–H groups in total. The number of nitrogens with one attached hydrogen (secondary N) is 1. The van der Waals surface area contributed by atoms with Gasteiger partial charge in [0.1, 0.15) is 0 Å². The van der Waals surface area contributed by atoms with Crippen LogP contribution >= 0.6 is 0 Å². The van der Waals surface area contributed by atoms with Crippen molar-refractivity contribution in [1.29, 1.82) is 0 Å². The molecule has 1 aromatic heterocycles. The summed E-state index contributed by atoms with van der Waals surface area (Å²) in [5, 5.41) is 28.3. The van der Waals surface area contributed by atoms with Crippen molar-refractivity contribution in [3.63, 3.8) is 0 Å². The number of hydrogen-bond acceptors (Lipinski definition) is 6. The van der Waals surface area contributed by atoms with Crippen molar-refractivity contribution < 1.29 is 23.4 Å². The maximum absolute atomic E-state index is 14.6. The van der Waals surface area contributed by atoms with Gasteiger partial charge in [0.15, 0.2) is 5.82 Å². The fourth-order valence-electron chi connectivity index (χ4n) is 2.99. The zero-order valence-electron chi connectivity index (χ0n) is 14.0. The van der Waals surface area contributed by atoms with E-state index in [2.05, 4.69) is 5.32 Å². The number of fused-ring (bicyclic) bond motifs is 1. The van der Waals surface area contributed by atoms with Crippen molar-refractivity contribution in [3.8, 4) is 0 Å². The maximum atomic E-state index is 14.6. The van der Waals surface area contributed by atoms with Crippen molar-refractivity contribution in [3.05, 3.63) is 39.8 Å². The highest BCUT2D eigenvalue weighted by Crippen LogP contribution is 2.24. The number of rotatable bonds is 3. The quantitative estimate of drug-likeness (QED) is 0.481. The number of nitrogens with zero attached hydrogens (tertiary/aromatic N) is 3. The maximum Gasteiger partial charge on any atom is 0.412 e. The lowest BCUT2D eigenvalue weighted by atomic mass is 10.2. The molecule has 0 unspecified atom stereocenters. The molecule has 1 aliphatic heterocycles.